The number of rotatable bonds is 5. The van der Waals surface area contributed by atoms with Crippen LogP contribution in [0.5, 0.6) is 0 Å². The number of urea groups is 1. The van der Waals surface area contributed by atoms with Crippen LogP contribution in [0.2, 0.25) is 0 Å². The van der Waals surface area contributed by atoms with Gasteiger partial charge in [-0.15, -0.1) is 11.8 Å². The van der Waals surface area contributed by atoms with Gasteiger partial charge in [-0.05, 0) is 42.5 Å². The van der Waals surface area contributed by atoms with Crippen molar-refractivity contribution in [3.05, 3.63) is 53.3 Å². The van der Waals surface area contributed by atoms with Gasteiger partial charge in [-0.1, -0.05) is 12.1 Å². The SMILES string of the molecule is CSc1ccc(CNC(=O)N(C)Cc2cccn2C)cc1C. The summed E-state index contributed by atoms with van der Waals surface area (Å²) in [6.45, 7) is 3.24. The summed E-state index contributed by atoms with van der Waals surface area (Å²) in [7, 11) is 3.79. The van der Waals surface area contributed by atoms with Gasteiger partial charge < -0.3 is 14.8 Å². The van der Waals surface area contributed by atoms with Crippen LogP contribution in [-0.4, -0.2) is 28.8 Å². The first kappa shape index (κ1) is 16.5. The van der Waals surface area contributed by atoms with Crippen LogP contribution in [-0.2, 0) is 20.1 Å². The second-order valence-corrected chi connectivity index (χ2v) is 6.28. The van der Waals surface area contributed by atoms with Crippen LogP contribution in [0, 0.1) is 6.92 Å². The molecule has 0 aliphatic rings. The fourth-order valence-corrected chi connectivity index (χ4v) is 2.92. The molecule has 0 aliphatic carbocycles. The second-order valence-electron chi connectivity index (χ2n) is 5.43. The molecule has 2 amide bonds. The molecule has 0 atom stereocenters. The Morgan fingerprint density at radius 2 is 2.14 bits per heavy atom. The Labute approximate surface area is 136 Å². The number of benzene rings is 1. The number of aromatic nitrogens is 1. The molecule has 118 valence electrons. The summed E-state index contributed by atoms with van der Waals surface area (Å²) in [6.07, 6.45) is 4.06. The number of nitrogens with one attached hydrogen (secondary N) is 1. The monoisotopic (exact) mass is 317 g/mol. The molecule has 0 spiro atoms. The number of carbonyl (C=O) groups excluding carboxylic acids is 1. The Hall–Kier alpha value is -1.88. The zero-order chi connectivity index (χ0) is 16.1. The highest BCUT2D eigenvalue weighted by Crippen LogP contribution is 2.20. The quantitative estimate of drug-likeness (QED) is 0.858. The molecule has 22 heavy (non-hydrogen) atoms. The van der Waals surface area contributed by atoms with Crippen molar-refractivity contribution in [2.75, 3.05) is 13.3 Å². The molecule has 5 heteroatoms. The summed E-state index contributed by atoms with van der Waals surface area (Å²) >= 11 is 1.74. The van der Waals surface area contributed by atoms with Crippen LogP contribution < -0.4 is 5.32 Å². The van der Waals surface area contributed by atoms with Crippen LogP contribution in [0.4, 0.5) is 4.79 Å². The van der Waals surface area contributed by atoms with E-state index in [-0.39, 0.29) is 6.03 Å². The number of amides is 2. The zero-order valence-electron chi connectivity index (χ0n) is 13.6. The first-order valence-corrected chi connectivity index (χ1v) is 8.46. The van der Waals surface area contributed by atoms with E-state index in [2.05, 4.69) is 36.7 Å². The van der Waals surface area contributed by atoms with E-state index in [0.717, 1.165) is 11.3 Å². The Morgan fingerprint density at radius 3 is 2.73 bits per heavy atom. The molecular formula is C17H23N3OS. The maximum atomic E-state index is 12.2. The summed E-state index contributed by atoms with van der Waals surface area (Å²) in [5.74, 6) is 0. The first-order valence-electron chi connectivity index (χ1n) is 7.24. The third-order valence-electron chi connectivity index (χ3n) is 3.70. The Kier molecular flexibility index (Phi) is 5.55. The molecule has 1 aromatic carbocycles. The lowest BCUT2D eigenvalue weighted by Crippen LogP contribution is -2.36. The molecule has 1 aromatic heterocycles. The molecule has 0 saturated carbocycles. The van der Waals surface area contributed by atoms with Crippen molar-refractivity contribution in [2.24, 2.45) is 7.05 Å². The van der Waals surface area contributed by atoms with Crippen molar-refractivity contribution < 1.29 is 4.79 Å². The van der Waals surface area contributed by atoms with Gasteiger partial charge in [-0.2, -0.15) is 0 Å². The summed E-state index contributed by atoms with van der Waals surface area (Å²) in [6, 6.07) is 10.2. The molecule has 1 N–H and O–H groups in total. The van der Waals surface area contributed by atoms with Crippen molar-refractivity contribution in [1.82, 2.24) is 14.8 Å². The van der Waals surface area contributed by atoms with Crippen molar-refractivity contribution in [2.45, 2.75) is 24.9 Å². The van der Waals surface area contributed by atoms with E-state index in [9.17, 15) is 4.79 Å². The van der Waals surface area contributed by atoms with Crippen LogP contribution in [0.15, 0.2) is 41.4 Å². The third-order valence-corrected chi connectivity index (χ3v) is 4.60. The van der Waals surface area contributed by atoms with E-state index < -0.39 is 0 Å². The van der Waals surface area contributed by atoms with E-state index in [1.807, 2.05) is 37.0 Å². The smallest absolute Gasteiger partial charge is 0.317 e. The normalized spacial score (nSPS) is 10.5. The second kappa shape index (κ2) is 7.40. The van der Waals surface area contributed by atoms with Crippen LogP contribution in [0.3, 0.4) is 0 Å². The Morgan fingerprint density at radius 1 is 1.36 bits per heavy atom. The number of aryl methyl sites for hydroxylation is 2. The number of nitrogens with zero attached hydrogens (tertiary/aromatic N) is 2. The van der Waals surface area contributed by atoms with Crippen molar-refractivity contribution in [3.8, 4) is 0 Å². The molecule has 2 aromatic rings. The minimum Gasteiger partial charge on any atom is -0.353 e. The lowest BCUT2D eigenvalue weighted by Gasteiger charge is -2.18. The van der Waals surface area contributed by atoms with Gasteiger partial charge in [0.2, 0.25) is 0 Å². The van der Waals surface area contributed by atoms with Gasteiger partial charge in [0, 0.05) is 37.4 Å². The molecule has 1 heterocycles. The van der Waals surface area contributed by atoms with Crippen molar-refractivity contribution in [3.63, 3.8) is 0 Å². The maximum absolute atomic E-state index is 12.2. The topological polar surface area (TPSA) is 37.3 Å². The average molecular weight is 317 g/mol. The van der Waals surface area contributed by atoms with Gasteiger partial charge in [-0.3, -0.25) is 0 Å². The maximum Gasteiger partial charge on any atom is 0.317 e. The van der Waals surface area contributed by atoms with E-state index >= 15 is 0 Å². The highest BCUT2D eigenvalue weighted by molar-refractivity contribution is 7.98. The standard InChI is InChI=1S/C17H23N3OS/c1-13-10-14(7-8-16(13)22-4)11-18-17(21)20(3)12-15-6-5-9-19(15)2/h5-10H,11-12H2,1-4H3,(H,18,21). The summed E-state index contributed by atoms with van der Waals surface area (Å²) < 4.78 is 2.02. The van der Waals surface area contributed by atoms with Gasteiger partial charge in [-0.25, -0.2) is 4.79 Å². The predicted molar refractivity (Wildman–Crippen MR) is 92.1 cm³/mol. The van der Waals surface area contributed by atoms with Gasteiger partial charge in [0.05, 0.1) is 6.54 Å². The highest BCUT2D eigenvalue weighted by Gasteiger charge is 2.10. The molecule has 0 aliphatic heterocycles. The fraction of sp³-hybridized carbons (Fsp3) is 0.353. The van der Waals surface area contributed by atoms with E-state index in [1.165, 1.54) is 10.5 Å². The van der Waals surface area contributed by atoms with Gasteiger partial charge >= 0.3 is 6.03 Å². The Bertz CT molecular complexity index is 651. The van der Waals surface area contributed by atoms with Crippen LogP contribution in [0.25, 0.3) is 0 Å². The molecule has 0 saturated heterocycles. The average Bonchev–Trinajstić information content (AvgIpc) is 2.90. The molecule has 0 fully saturated rings. The van der Waals surface area contributed by atoms with Crippen LogP contribution in [0.1, 0.15) is 16.8 Å². The fourth-order valence-electron chi connectivity index (χ4n) is 2.34. The van der Waals surface area contributed by atoms with Gasteiger partial charge in [0.25, 0.3) is 0 Å². The number of carbonyl (C=O) groups is 1. The minimum absolute atomic E-state index is 0.0622. The van der Waals surface area contributed by atoms with E-state index in [4.69, 9.17) is 0 Å². The third kappa shape index (κ3) is 4.07. The van der Waals surface area contributed by atoms with Gasteiger partial charge in [0.15, 0.2) is 0 Å². The van der Waals surface area contributed by atoms with Gasteiger partial charge in [0.1, 0.15) is 0 Å². The first-order chi connectivity index (χ1) is 10.5. The summed E-state index contributed by atoms with van der Waals surface area (Å²) in [5, 5.41) is 2.97. The minimum atomic E-state index is -0.0622. The molecule has 0 unspecified atom stereocenters. The van der Waals surface area contributed by atoms with Crippen molar-refractivity contribution in [1.29, 1.82) is 0 Å². The number of hydrogen-bond donors (Lipinski definition) is 1. The number of hydrogen-bond acceptors (Lipinski definition) is 2. The lowest BCUT2D eigenvalue weighted by atomic mass is 10.1. The highest BCUT2D eigenvalue weighted by atomic mass is 32.2. The number of thioether (sulfide) groups is 1. The lowest BCUT2D eigenvalue weighted by molar-refractivity contribution is 0.205. The zero-order valence-corrected chi connectivity index (χ0v) is 14.4. The molecule has 4 nitrogen and oxygen atoms in total. The largest absolute Gasteiger partial charge is 0.353 e. The predicted octanol–water partition coefficient (Wildman–Crippen LogP) is 3.40. The van der Waals surface area contributed by atoms with Crippen LogP contribution >= 0.6 is 11.8 Å². The molecule has 0 radical (unpaired) electrons. The summed E-state index contributed by atoms with van der Waals surface area (Å²) in [4.78, 5) is 15.1. The van der Waals surface area contributed by atoms with E-state index in [0.29, 0.717) is 13.1 Å². The molecule has 2 rings (SSSR count). The van der Waals surface area contributed by atoms with Crippen molar-refractivity contribution >= 4 is 17.8 Å². The van der Waals surface area contributed by atoms with E-state index in [1.54, 1.807) is 16.7 Å². The Balaban J connectivity index is 1.89. The molecule has 0 bridgehead atoms. The molecular weight excluding hydrogens is 294 g/mol. The summed E-state index contributed by atoms with van der Waals surface area (Å²) in [5.41, 5.74) is 3.48.